The third-order valence-electron chi connectivity index (χ3n) is 6.58. The average Bonchev–Trinajstić information content (AvgIpc) is 2.94. The normalized spacial score (nSPS) is 13.4. The minimum Gasteiger partial charge on any atom is -0.497 e. The van der Waals surface area contributed by atoms with Crippen LogP contribution in [0.3, 0.4) is 0 Å². The van der Waals surface area contributed by atoms with Crippen molar-refractivity contribution in [2.75, 3.05) is 31.3 Å². The molecule has 3 aromatic rings. The van der Waals surface area contributed by atoms with E-state index in [1.165, 1.54) is 32.2 Å². The first kappa shape index (κ1) is 32.4. The van der Waals surface area contributed by atoms with Crippen LogP contribution < -0.4 is 19.7 Å². The van der Waals surface area contributed by atoms with Gasteiger partial charge in [-0.25, -0.2) is 17.2 Å². The molecule has 0 saturated carbocycles. The van der Waals surface area contributed by atoms with Gasteiger partial charge < -0.3 is 25.7 Å². The minimum absolute atomic E-state index is 0.00737. The van der Waals surface area contributed by atoms with E-state index < -0.39 is 39.7 Å². The zero-order valence-electron chi connectivity index (χ0n) is 23.6. The minimum atomic E-state index is -3.70. The lowest BCUT2D eigenvalue weighted by molar-refractivity contribution is 0.0830. The molecule has 0 aliphatic heterocycles. The van der Waals surface area contributed by atoms with E-state index in [9.17, 15) is 32.3 Å². The lowest BCUT2D eigenvalue weighted by atomic mass is 9.99. The highest BCUT2D eigenvalue weighted by Crippen LogP contribution is 2.22. The van der Waals surface area contributed by atoms with Crippen LogP contribution in [0.4, 0.5) is 14.5 Å². The number of nitrogens with zero attached hydrogens (tertiary/aromatic N) is 2. The lowest BCUT2D eigenvalue weighted by Gasteiger charge is -2.25. The van der Waals surface area contributed by atoms with Crippen LogP contribution in [0, 0.1) is 11.6 Å². The van der Waals surface area contributed by atoms with Crippen molar-refractivity contribution >= 4 is 27.3 Å². The molecule has 0 bridgehead atoms. The number of oxime groups is 1. The number of rotatable bonds is 13. The van der Waals surface area contributed by atoms with Crippen molar-refractivity contribution in [3.8, 4) is 5.75 Å². The molecule has 0 unspecified atom stereocenters. The van der Waals surface area contributed by atoms with Crippen LogP contribution in [0.2, 0.25) is 0 Å². The predicted octanol–water partition coefficient (Wildman–Crippen LogP) is 3.06. The van der Waals surface area contributed by atoms with Gasteiger partial charge in [0.2, 0.25) is 10.0 Å². The highest BCUT2D eigenvalue weighted by molar-refractivity contribution is 7.92. The lowest BCUT2D eigenvalue weighted by Crippen LogP contribution is -2.48. The molecule has 13 heteroatoms. The maximum Gasteiger partial charge on any atom is 0.251 e. The van der Waals surface area contributed by atoms with E-state index in [2.05, 4.69) is 15.8 Å². The van der Waals surface area contributed by atoms with Crippen LogP contribution in [0.5, 0.6) is 5.75 Å². The SMILES string of the molecule is COc1cccc(CNC[C@@H](O)[C@H](Cc2cc(F)cc(F)c2)NC(=O)c2cc(/C(C)=N\O)cc(N(C)S(C)(=O)=O)c2)c1. The van der Waals surface area contributed by atoms with Crippen LogP contribution in [-0.4, -0.2) is 69.5 Å². The van der Waals surface area contributed by atoms with Gasteiger partial charge in [-0.05, 0) is 66.9 Å². The molecule has 226 valence electrons. The molecule has 0 fully saturated rings. The zero-order chi connectivity index (χ0) is 31.0. The highest BCUT2D eigenvalue weighted by Gasteiger charge is 2.24. The fourth-order valence-corrected chi connectivity index (χ4v) is 4.68. The number of aliphatic hydroxyl groups excluding tert-OH is 1. The van der Waals surface area contributed by atoms with Crippen LogP contribution in [0.25, 0.3) is 0 Å². The van der Waals surface area contributed by atoms with Crippen molar-refractivity contribution in [1.82, 2.24) is 10.6 Å². The maximum absolute atomic E-state index is 13.9. The number of aliphatic hydroxyl groups is 1. The molecule has 0 aliphatic rings. The van der Waals surface area contributed by atoms with E-state index in [0.29, 0.717) is 12.3 Å². The summed E-state index contributed by atoms with van der Waals surface area (Å²) in [5, 5.41) is 29.3. The molecule has 0 radical (unpaired) electrons. The number of carbonyl (C=O) groups is 1. The van der Waals surface area contributed by atoms with Gasteiger partial charge in [0, 0.05) is 37.3 Å². The van der Waals surface area contributed by atoms with Crippen molar-refractivity contribution in [3.05, 3.63) is 94.6 Å². The Morgan fingerprint density at radius 2 is 1.71 bits per heavy atom. The summed E-state index contributed by atoms with van der Waals surface area (Å²) in [5.41, 5.74) is 1.63. The molecule has 0 spiro atoms. The summed E-state index contributed by atoms with van der Waals surface area (Å²) in [6.07, 6.45) is -0.321. The van der Waals surface area contributed by atoms with Gasteiger partial charge in [-0.15, -0.1) is 0 Å². The van der Waals surface area contributed by atoms with E-state index in [-0.39, 0.29) is 41.1 Å². The van der Waals surface area contributed by atoms with Crippen molar-refractivity contribution < 1.29 is 37.0 Å². The Kier molecular flexibility index (Phi) is 11.0. The number of hydrogen-bond acceptors (Lipinski definition) is 8. The number of ether oxygens (including phenoxy) is 1. The first-order chi connectivity index (χ1) is 19.8. The fraction of sp³-hybridized carbons (Fsp3) is 0.310. The second-order valence-corrected chi connectivity index (χ2v) is 11.8. The summed E-state index contributed by atoms with van der Waals surface area (Å²) in [4.78, 5) is 13.5. The molecule has 0 aromatic heterocycles. The summed E-state index contributed by atoms with van der Waals surface area (Å²) in [5.74, 6) is -1.64. The number of nitrogens with one attached hydrogen (secondary N) is 2. The molecule has 3 rings (SSSR count). The molecule has 2 atom stereocenters. The monoisotopic (exact) mass is 604 g/mol. The van der Waals surface area contributed by atoms with Gasteiger partial charge in [-0.2, -0.15) is 0 Å². The van der Waals surface area contributed by atoms with Crippen LogP contribution >= 0.6 is 0 Å². The van der Waals surface area contributed by atoms with Gasteiger partial charge >= 0.3 is 0 Å². The van der Waals surface area contributed by atoms with E-state index in [1.807, 2.05) is 18.2 Å². The number of methoxy groups -OCH3 is 1. The molecule has 0 heterocycles. The summed E-state index contributed by atoms with van der Waals surface area (Å²) in [7, 11) is -0.842. The number of carbonyl (C=O) groups excluding carboxylic acids is 1. The standard InChI is InChI=1S/C29H34F2N4O6S/c1-18(34-38)21-12-22(14-25(13-21)35(2)42(4,39)40)29(37)33-27(11-20-8-23(30)15-24(31)9-20)28(36)17-32-16-19-6-5-7-26(10-19)41-3/h5-10,12-15,27-28,32,36,38H,11,16-17H2,1-4H3,(H,33,37)/b34-18-/t27-,28+/m0/s1. The quantitative estimate of drug-likeness (QED) is 0.134. The maximum atomic E-state index is 13.9. The topological polar surface area (TPSA) is 141 Å². The molecule has 42 heavy (non-hydrogen) atoms. The summed E-state index contributed by atoms with van der Waals surface area (Å²) in [6, 6.07) is 13.4. The Morgan fingerprint density at radius 1 is 1.05 bits per heavy atom. The van der Waals surface area contributed by atoms with Crippen LogP contribution in [-0.2, 0) is 23.0 Å². The Hall–Kier alpha value is -4.07. The van der Waals surface area contributed by atoms with E-state index in [4.69, 9.17) is 4.74 Å². The Balaban J connectivity index is 1.89. The van der Waals surface area contributed by atoms with Crippen LogP contribution in [0.15, 0.2) is 65.8 Å². The first-order valence-electron chi connectivity index (χ1n) is 12.9. The average molecular weight is 605 g/mol. The van der Waals surface area contributed by atoms with Crippen LogP contribution in [0.1, 0.15) is 34.0 Å². The van der Waals surface area contributed by atoms with Gasteiger partial charge in [-0.3, -0.25) is 9.10 Å². The van der Waals surface area contributed by atoms with E-state index >= 15 is 0 Å². The third-order valence-corrected chi connectivity index (χ3v) is 7.79. The van der Waals surface area contributed by atoms with Gasteiger partial charge in [0.05, 0.1) is 36.9 Å². The van der Waals surface area contributed by atoms with Crippen molar-refractivity contribution in [3.63, 3.8) is 0 Å². The summed E-state index contributed by atoms with van der Waals surface area (Å²) < 4.78 is 58.4. The van der Waals surface area contributed by atoms with Gasteiger partial charge in [-0.1, -0.05) is 17.3 Å². The largest absolute Gasteiger partial charge is 0.497 e. The van der Waals surface area contributed by atoms with Crippen molar-refractivity contribution in [2.45, 2.75) is 32.0 Å². The Bertz CT molecular complexity index is 1530. The summed E-state index contributed by atoms with van der Waals surface area (Å²) >= 11 is 0. The third kappa shape index (κ3) is 8.96. The second-order valence-electron chi connectivity index (χ2n) is 9.80. The molecule has 1 amide bonds. The van der Waals surface area contributed by atoms with Gasteiger partial charge in [0.1, 0.15) is 17.4 Å². The molecule has 0 saturated heterocycles. The number of anilines is 1. The second kappa shape index (κ2) is 14.2. The number of amides is 1. The number of hydrogen-bond donors (Lipinski definition) is 4. The number of halogens is 2. The molecular weight excluding hydrogens is 570 g/mol. The zero-order valence-corrected chi connectivity index (χ0v) is 24.5. The molecule has 4 N–H and O–H groups in total. The van der Waals surface area contributed by atoms with Crippen molar-refractivity contribution in [2.24, 2.45) is 5.16 Å². The Morgan fingerprint density at radius 3 is 2.33 bits per heavy atom. The molecule has 0 aliphatic carbocycles. The highest BCUT2D eigenvalue weighted by atomic mass is 32.2. The Labute approximate surface area is 243 Å². The molecule has 10 nitrogen and oxygen atoms in total. The van der Waals surface area contributed by atoms with Gasteiger partial charge in [0.15, 0.2) is 0 Å². The van der Waals surface area contributed by atoms with E-state index in [0.717, 1.165) is 34.3 Å². The number of benzene rings is 3. The predicted molar refractivity (Wildman–Crippen MR) is 156 cm³/mol. The first-order valence-corrected chi connectivity index (χ1v) is 14.7. The molecular formula is C29H34F2N4O6S. The van der Waals surface area contributed by atoms with Gasteiger partial charge in [0.25, 0.3) is 5.91 Å². The van der Waals surface area contributed by atoms with Crippen molar-refractivity contribution in [1.29, 1.82) is 0 Å². The smallest absolute Gasteiger partial charge is 0.251 e. The number of sulfonamides is 1. The summed E-state index contributed by atoms with van der Waals surface area (Å²) in [6.45, 7) is 1.85. The molecule has 3 aromatic carbocycles. The fourth-order valence-electron chi connectivity index (χ4n) is 4.19. The van der Waals surface area contributed by atoms with E-state index in [1.54, 1.807) is 13.2 Å².